The van der Waals surface area contributed by atoms with Gasteiger partial charge in [-0.05, 0) is 53.2 Å². The molecule has 2 heterocycles. The normalized spacial score (nSPS) is 19.9. The van der Waals surface area contributed by atoms with Gasteiger partial charge in [0.05, 0.1) is 5.52 Å². The number of carbonyl (C=O) groups excluding carboxylic acids is 2. The van der Waals surface area contributed by atoms with Gasteiger partial charge in [0.2, 0.25) is 0 Å². The number of aliphatic hydroxyl groups excluding tert-OH is 1. The van der Waals surface area contributed by atoms with Crippen molar-refractivity contribution in [1.82, 2.24) is 9.47 Å². The van der Waals surface area contributed by atoms with E-state index in [0.29, 0.717) is 13.1 Å². The fraction of sp³-hybridized carbons (Fsp3) is 0.565. The number of hydrogen-bond donors (Lipinski definition) is 1. The van der Waals surface area contributed by atoms with E-state index >= 15 is 0 Å². The van der Waals surface area contributed by atoms with Crippen molar-refractivity contribution in [3.63, 3.8) is 0 Å². The van der Waals surface area contributed by atoms with Crippen LogP contribution in [-0.2, 0) is 9.47 Å². The van der Waals surface area contributed by atoms with Gasteiger partial charge in [0.1, 0.15) is 11.2 Å². The van der Waals surface area contributed by atoms with E-state index in [4.69, 9.17) is 9.47 Å². The minimum atomic E-state index is -0.614. The summed E-state index contributed by atoms with van der Waals surface area (Å²) < 4.78 is 12.6. The van der Waals surface area contributed by atoms with Gasteiger partial charge < -0.3 is 19.5 Å². The van der Waals surface area contributed by atoms with Gasteiger partial charge in [-0.25, -0.2) is 9.59 Å². The van der Waals surface area contributed by atoms with Gasteiger partial charge in [-0.3, -0.25) is 4.57 Å². The number of benzene rings is 1. The molecule has 30 heavy (non-hydrogen) atoms. The molecule has 0 spiro atoms. The maximum absolute atomic E-state index is 12.8. The summed E-state index contributed by atoms with van der Waals surface area (Å²) in [6, 6.07) is 7.62. The zero-order valence-corrected chi connectivity index (χ0v) is 18.6. The molecule has 3 rings (SSSR count). The summed E-state index contributed by atoms with van der Waals surface area (Å²) in [6.45, 7) is 11.7. The van der Waals surface area contributed by atoms with Gasteiger partial charge >= 0.3 is 12.2 Å². The summed E-state index contributed by atoms with van der Waals surface area (Å²) >= 11 is 0. The number of aliphatic hydroxyl groups is 1. The third-order valence-corrected chi connectivity index (χ3v) is 5.06. The number of amides is 1. The van der Waals surface area contributed by atoms with Gasteiger partial charge in [-0.15, -0.1) is 0 Å². The lowest BCUT2D eigenvalue weighted by atomic mass is 9.89. The number of hydrogen-bond acceptors (Lipinski definition) is 5. The Morgan fingerprint density at radius 3 is 2.20 bits per heavy atom. The van der Waals surface area contributed by atoms with E-state index in [-0.39, 0.29) is 24.5 Å². The zero-order valence-electron chi connectivity index (χ0n) is 18.6. The van der Waals surface area contributed by atoms with Gasteiger partial charge in [0.15, 0.2) is 0 Å². The number of nitrogens with zero attached hydrogens (tertiary/aromatic N) is 2. The van der Waals surface area contributed by atoms with Crippen molar-refractivity contribution in [2.24, 2.45) is 5.92 Å². The molecule has 1 fully saturated rings. The van der Waals surface area contributed by atoms with Crippen molar-refractivity contribution in [3.05, 3.63) is 36.0 Å². The van der Waals surface area contributed by atoms with Crippen LogP contribution >= 0.6 is 0 Å². The summed E-state index contributed by atoms with van der Waals surface area (Å²) in [7, 11) is 0. The van der Waals surface area contributed by atoms with Crippen LogP contribution in [0.25, 0.3) is 10.9 Å². The lowest BCUT2D eigenvalue weighted by Crippen LogP contribution is -2.35. The van der Waals surface area contributed by atoms with Gasteiger partial charge in [0, 0.05) is 43.1 Å². The van der Waals surface area contributed by atoms with Crippen LogP contribution in [-0.4, -0.2) is 57.7 Å². The van der Waals surface area contributed by atoms with Gasteiger partial charge in [0.25, 0.3) is 0 Å². The van der Waals surface area contributed by atoms with E-state index < -0.39 is 17.3 Å². The van der Waals surface area contributed by atoms with Gasteiger partial charge in [-0.2, -0.15) is 0 Å². The Morgan fingerprint density at radius 1 is 1.00 bits per heavy atom. The summed E-state index contributed by atoms with van der Waals surface area (Å²) in [6.07, 6.45) is 0.941. The first kappa shape index (κ1) is 22.2. The summed E-state index contributed by atoms with van der Waals surface area (Å²) in [5.41, 5.74) is 0.462. The number of aromatic nitrogens is 1. The molecule has 1 aromatic carbocycles. The fourth-order valence-corrected chi connectivity index (χ4v) is 3.85. The highest BCUT2D eigenvalue weighted by molar-refractivity contribution is 5.92. The highest BCUT2D eigenvalue weighted by Gasteiger charge is 2.39. The molecular weight excluding hydrogens is 384 g/mol. The second-order valence-corrected chi connectivity index (χ2v) is 9.89. The molecule has 2 aromatic rings. The lowest BCUT2D eigenvalue weighted by Gasteiger charge is -2.24. The van der Waals surface area contributed by atoms with E-state index in [2.05, 4.69) is 0 Å². The molecule has 0 radical (unpaired) electrons. The highest BCUT2D eigenvalue weighted by atomic mass is 16.6. The number of ether oxygens (including phenoxy) is 2. The SMILES string of the molecule is CC(C)(C)OC(=O)N1C[C@@H](CO)[C@H](c2cn(C(=O)OC(C)(C)C)c3ccccc23)C1. The molecule has 0 bridgehead atoms. The van der Waals surface area contributed by atoms with E-state index in [9.17, 15) is 14.7 Å². The summed E-state index contributed by atoms with van der Waals surface area (Å²) in [5.74, 6) is -0.258. The Labute approximate surface area is 177 Å². The maximum Gasteiger partial charge on any atom is 0.419 e. The quantitative estimate of drug-likeness (QED) is 0.786. The van der Waals surface area contributed by atoms with Crippen molar-refractivity contribution >= 4 is 23.1 Å². The molecular formula is C23H32N2O5. The van der Waals surface area contributed by atoms with Crippen molar-refractivity contribution in [2.75, 3.05) is 19.7 Å². The van der Waals surface area contributed by atoms with Crippen LogP contribution in [0.4, 0.5) is 9.59 Å². The highest BCUT2D eigenvalue weighted by Crippen LogP contribution is 2.38. The largest absolute Gasteiger partial charge is 0.444 e. The van der Waals surface area contributed by atoms with Crippen LogP contribution in [0.5, 0.6) is 0 Å². The third-order valence-electron chi connectivity index (χ3n) is 5.06. The summed E-state index contributed by atoms with van der Waals surface area (Å²) in [5, 5.41) is 10.9. The first-order valence-electron chi connectivity index (χ1n) is 10.3. The molecule has 164 valence electrons. The van der Waals surface area contributed by atoms with Gasteiger partial charge in [-0.1, -0.05) is 18.2 Å². The molecule has 1 saturated heterocycles. The standard InChI is InChI=1S/C23H32N2O5/c1-22(2,3)29-20(27)24-11-15(14-26)17(12-24)18-13-25(21(28)30-23(4,5)6)19-10-8-7-9-16(18)19/h7-10,13,15,17,26H,11-12,14H2,1-6H3/t15-,17+/m0/s1. The Hall–Kier alpha value is -2.54. The number of rotatable bonds is 2. The lowest BCUT2D eigenvalue weighted by molar-refractivity contribution is 0.0282. The van der Waals surface area contributed by atoms with Crippen molar-refractivity contribution < 1.29 is 24.2 Å². The Kier molecular flexibility index (Phi) is 5.87. The smallest absolute Gasteiger partial charge is 0.419 e. The number of carbonyl (C=O) groups is 2. The molecule has 1 aliphatic rings. The first-order chi connectivity index (χ1) is 13.9. The fourth-order valence-electron chi connectivity index (χ4n) is 3.85. The Bertz CT molecular complexity index is 935. The van der Waals surface area contributed by atoms with Crippen LogP contribution in [0.3, 0.4) is 0 Å². The van der Waals surface area contributed by atoms with Crippen molar-refractivity contribution in [3.8, 4) is 0 Å². The van der Waals surface area contributed by atoms with Crippen LogP contribution < -0.4 is 0 Å². The average Bonchev–Trinajstić information content (AvgIpc) is 3.20. The Morgan fingerprint density at radius 2 is 1.60 bits per heavy atom. The Balaban J connectivity index is 1.95. The molecule has 2 atom stereocenters. The molecule has 1 aromatic heterocycles. The monoisotopic (exact) mass is 416 g/mol. The number of para-hydroxylation sites is 1. The number of fused-ring (bicyclic) bond motifs is 1. The van der Waals surface area contributed by atoms with Crippen LogP contribution in [0.1, 0.15) is 53.0 Å². The number of likely N-dealkylation sites (tertiary alicyclic amines) is 1. The van der Waals surface area contributed by atoms with Crippen molar-refractivity contribution in [2.45, 2.75) is 58.7 Å². The second kappa shape index (κ2) is 7.95. The van der Waals surface area contributed by atoms with E-state index in [1.807, 2.05) is 65.8 Å². The molecule has 0 aliphatic carbocycles. The zero-order chi connectivity index (χ0) is 22.3. The molecule has 7 heteroatoms. The topological polar surface area (TPSA) is 81.0 Å². The van der Waals surface area contributed by atoms with Crippen LogP contribution in [0.2, 0.25) is 0 Å². The van der Waals surface area contributed by atoms with Crippen LogP contribution in [0, 0.1) is 5.92 Å². The molecule has 1 aliphatic heterocycles. The van der Waals surface area contributed by atoms with E-state index in [0.717, 1.165) is 16.5 Å². The minimum absolute atomic E-state index is 0.0596. The van der Waals surface area contributed by atoms with E-state index in [1.54, 1.807) is 11.1 Å². The summed E-state index contributed by atoms with van der Waals surface area (Å²) in [4.78, 5) is 27.0. The van der Waals surface area contributed by atoms with E-state index in [1.165, 1.54) is 4.57 Å². The molecule has 1 amide bonds. The molecule has 7 nitrogen and oxygen atoms in total. The van der Waals surface area contributed by atoms with Crippen molar-refractivity contribution in [1.29, 1.82) is 0 Å². The predicted molar refractivity (Wildman–Crippen MR) is 115 cm³/mol. The minimum Gasteiger partial charge on any atom is -0.444 e. The second-order valence-electron chi connectivity index (χ2n) is 9.89. The maximum atomic E-state index is 12.8. The predicted octanol–water partition coefficient (Wildman–Crippen LogP) is 4.37. The van der Waals surface area contributed by atoms with Crippen LogP contribution in [0.15, 0.2) is 30.5 Å². The molecule has 1 N–H and O–H groups in total. The third kappa shape index (κ3) is 4.78. The first-order valence-corrected chi connectivity index (χ1v) is 10.3. The average molecular weight is 417 g/mol. The molecule has 0 unspecified atom stereocenters. The molecule has 0 saturated carbocycles.